The van der Waals surface area contributed by atoms with Crippen LogP contribution in [0.1, 0.15) is 42.5 Å². The van der Waals surface area contributed by atoms with E-state index in [4.69, 9.17) is 11.6 Å². The lowest BCUT2D eigenvalue weighted by Crippen LogP contribution is -2.52. The molecule has 0 saturated heterocycles. The number of halogens is 1. The van der Waals surface area contributed by atoms with Gasteiger partial charge in [0.1, 0.15) is 6.04 Å². The average molecular weight is 477 g/mol. The SMILES string of the molecule is CC[C@@H](C)NC(=O)[C@@H](Cc1ccccc1)N(Cc1ccc(Cl)cc1)C(=O)Cc1ccccc1C. The van der Waals surface area contributed by atoms with E-state index in [0.717, 1.165) is 28.7 Å². The second-order valence-corrected chi connectivity index (χ2v) is 9.21. The summed E-state index contributed by atoms with van der Waals surface area (Å²) in [6.07, 6.45) is 1.50. The molecule has 3 aromatic rings. The van der Waals surface area contributed by atoms with Gasteiger partial charge in [-0.15, -0.1) is 0 Å². The summed E-state index contributed by atoms with van der Waals surface area (Å²) in [6.45, 7) is 6.35. The molecular formula is C29H33ClN2O2. The summed E-state index contributed by atoms with van der Waals surface area (Å²) in [7, 11) is 0. The molecule has 3 rings (SSSR count). The van der Waals surface area contributed by atoms with Crippen LogP contribution in [0.25, 0.3) is 0 Å². The molecule has 0 radical (unpaired) electrons. The van der Waals surface area contributed by atoms with Crippen molar-refractivity contribution >= 4 is 23.4 Å². The van der Waals surface area contributed by atoms with Crippen molar-refractivity contribution in [1.29, 1.82) is 0 Å². The molecule has 0 aromatic heterocycles. The number of hydrogen-bond donors (Lipinski definition) is 1. The lowest BCUT2D eigenvalue weighted by atomic mass is 10.00. The first-order valence-corrected chi connectivity index (χ1v) is 12.2. The van der Waals surface area contributed by atoms with E-state index in [1.807, 2.05) is 99.6 Å². The van der Waals surface area contributed by atoms with Gasteiger partial charge in [-0.25, -0.2) is 0 Å². The second kappa shape index (κ2) is 12.4. The Morgan fingerprint density at radius 3 is 2.21 bits per heavy atom. The van der Waals surface area contributed by atoms with Crippen LogP contribution in [0, 0.1) is 6.92 Å². The van der Waals surface area contributed by atoms with Crippen LogP contribution in [0.3, 0.4) is 0 Å². The first-order valence-electron chi connectivity index (χ1n) is 11.8. The third-order valence-corrected chi connectivity index (χ3v) is 6.39. The van der Waals surface area contributed by atoms with Crippen molar-refractivity contribution in [3.63, 3.8) is 0 Å². The zero-order valence-corrected chi connectivity index (χ0v) is 20.9. The van der Waals surface area contributed by atoms with Gasteiger partial charge < -0.3 is 10.2 Å². The van der Waals surface area contributed by atoms with E-state index in [9.17, 15) is 9.59 Å². The van der Waals surface area contributed by atoms with Crippen molar-refractivity contribution in [3.05, 3.63) is 106 Å². The minimum Gasteiger partial charge on any atom is -0.352 e. The Hall–Kier alpha value is -3.11. The molecule has 0 bridgehead atoms. The molecule has 0 heterocycles. The van der Waals surface area contributed by atoms with Gasteiger partial charge in [0.2, 0.25) is 11.8 Å². The van der Waals surface area contributed by atoms with E-state index in [0.29, 0.717) is 18.0 Å². The fourth-order valence-electron chi connectivity index (χ4n) is 3.85. The highest BCUT2D eigenvalue weighted by molar-refractivity contribution is 6.30. The fourth-order valence-corrected chi connectivity index (χ4v) is 3.98. The van der Waals surface area contributed by atoms with Gasteiger partial charge in [0.05, 0.1) is 6.42 Å². The Labute approximate surface area is 207 Å². The molecule has 0 unspecified atom stereocenters. The second-order valence-electron chi connectivity index (χ2n) is 8.77. The Kier molecular flexibility index (Phi) is 9.29. The summed E-state index contributed by atoms with van der Waals surface area (Å²) < 4.78 is 0. The standard InChI is InChI=1S/C29H33ClN2O2/c1-4-22(3)31-29(34)27(18-23-11-6-5-7-12-23)32(20-24-14-16-26(30)17-15-24)28(33)19-25-13-9-8-10-21(25)2/h5-17,22,27H,4,18-20H2,1-3H3,(H,31,34)/t22-,27-/m1/s1. The fraction of sp³-hybridized carbons (Fsp3) is 0.310. The van der Waals surface area contributed by atoms with Gasteiger partial charge in [-0.05, 0) is 54.7 Å². The van der Waals surface area contributed by atoms with Gasteiger partial charge in [0, 0.05) is 24.0 Å². The van der Waals surface area contributed by atoms with Crippen LogP contribution in [0.15, 0.2) is 78.9 Å². The van der Waals surface area contributed by atoms with Crippen LogP contribution in [0.4, 0.5) is 0 Å². The van der Waals surface area contributed by atoms with Gasteiger partial charge in [0.15, 0.2) is 0 Å². The summed E-state index contributed by atoms with van der Waals surface area (Å²) in [5.74, 6) is -0.213. The number of carbonyl (C=O) groups excluding carboxylic acids is 2. The number of rotatable bonds is 10. The lowest BCUT2D eigenvalue weighted by Gasteiger charge is -2.32. The molecule has 0 aliphatic carbocycles. The Bertz CT molecular complexity index is 1080. The average Bonchev–Trinajstić information content (AvgIpc) is 2.84. The van der Waals surface area contributed by atoms with Crippen LogP contribution >= 0.6 is 11.6 Å². The third kappa shape index (κ3) is 7.19. The molecule has 0 aliphatic heterocycles. The molecule has 34 heavy (non-hydrogen) atoms. The monoisotopic (exact) mass is 476 g/mol. The van der Waals surface area contributed by atoms with Crippen molar-refractivity contribution < 1.29 is 9.59 Å². The number of nitrogens with zero attached hydrogens (tertiary/aromatic N) is 1. The van der Waals surface area contributed by atoms with Gasteiger partial charge in [-0.3, -0.25) is 9.59 Å². The van der Waals surface area contributed by atoms with Gasteiger partial charge >= 0.3 is 0 Å². The van der Waals surface area contributed by atoms with Gasteiger partial charge in [-0.2, -0.15) is 0 Å². The third-order valence-electron chi connectivity index (χ3n) is 6.14. The molecule has 4 nitrogen and oxygen atoms in total. The number of hydrogen-bond acceptors (Lipinski definition) is 2. The highest BCUT2D eigenvalue weighted by Gasteiger charge is 2.31. The maximum absolute atomic E-state index is 13.7. The molecule has 5 heteroatoms. The summed E-state index contributed by atoms with van der Waals surface area (Å²) in [6, 6.07) is 24.6. The van der Waals surface area contributed by atoms with E-state index in [2.05, 4.69) is 5.32 Å². The maximum Gasteiger partial charge on any atom is 0.243 e. The highest BCUT2D eigenvalue weighted by atomic mass is 35.5. The zero-order chi connectivity index (χ0) is 24.5. The smallest absolute Gasteiger partial charge is 0.243 e. The largest absolute Gasteiger partial charge is 0.352 e. The summed E-state index contributed by atoms with van der Waals surface area (Å²) in [5, 5.41) is 3.74. The van der Waals surface area contributed by atoms with Crippen LogP contribution in [-0.4, -0.2) is 28.8 Å². The Morgan fingerprint density at radius 2 is 1.56 bits per heavy atom. The van der Waals surface area contributed by atoms with Crippen LogP contribution in [-0.2, 0) is 29.0 Å². The molecule has 2 amide bonds. The molecule has 0 fully saturated rings. The first-order chi connectivity index (χ1) is 16.4. The highest BCUT2D eigenvalue weighted by Crippen LogP contribution is 2.19. The van der Waals surface area contributed by atoms with Gasteiger partial charge in [-0.1, -0.05) is 85.3 Å². The van der Waals surface area contributed by atoms with Crippen LogP contribution in [0.5, 0.6) is 0 Å². The van der Waals surface area contributed by atoms with Crippen molar-refractivity contribution in [3.8, 4) is 0 Å². The lowest BCUT2D eigenvalue weighted by molar-refractivity contribution is -0.141. The molecule has 178 valence electrons. The quantitative estimate of drug-likeness (QED) is 0.405. The molecular weight excluding hydrogens is 444 g/mol. The summed E-state index contributed by atoms with van der Waals surface area (Å²) in [5.41, 5.74) is 3.97. The topological polar surface area (TPSA) is 49.4 Å². The molecule has 0 saturated carbocycles. The number of aryl methyl sites for hydroxylation is 1. The normalized spacial score (nSPS) is 12.6. The minimum atomic E-state index is -0.636. The van der Waals surface area contributed by atoms with Crippen LogP contribution < -0.4 is 5.32 Å². The zero-order valence-electron chi connectivity index (χ0n) is 20.1. The maximum atomic E-state index is 13.7. The Balaban J connectivity index is 1.97. The number of amides is 2. The summed E-state index contributed by atoms with van der Waals surface area (Å²) in [4.78, 5) is 29.0. The molecule has 2 atom stereocenters. The van der Waals surface area contributed by atoms with Gasteiger partial charge in [0.25, 0.3) is 0 Å². The van der Waals surface area contributed by atoms with Crippen molar-refractivity contribution in [1.82, 2.24) is 10.2 Å². The van der Waals surface area contributed by atoms with E-state index in [1.54, 1.807) is 4.90 Å². The predicted octanol–water partition coefficient (Wildman–Crippen LogP) is 5.75. The van der Waals surface area contributed by atoms with E-state index in [1.165, 1.54) is 0 Å². The first kappa shape index (κ1) is 25.5. The van der Waals surface area contributed by atoms with E-state index >= 15 is 0 Å². The van der Waals surface area contributed by atoms with E-state index in [-0.39, 0.29) is 24.3 Å². The molecule has 0 aliphatic rings. The Morgan fingerprint density at radius 1 is 0.912 bits per heavy atom. The molecule has 0 spiro atoms. The van der Waals surface area contributed by atoms with Crippen molar-refractivity contribution in [2.24, 2.45) is 0 Å². The molecule has 1 N–H and O–H groups in total. The summed E-state index contributed by atoms with van der Waals surface area (Å²) >= 11 is 6.08. The number of carbonyl (C=O) groups is 2. The predicted molar refractivity (Wildman–Crippen MR) is 139 cm³/mol. The van der Waals surface area contributed by atoms with E-state index < -0.39 is 6.04 Å². The van der Waals surface area contributed by atoms with Crippen LogP contribution in [0.2, 0.25) is 5.02 Å². The van der Waals surface area contributed by atoms with Crippen molar-refractivity contribution in [2.45, 2.75) is 58.7 Å². The minimum absolute atomic E-state index is 0.0228. The number of nitrogens with one attached hydrogen (secondary N) is 1. The van der Waals surface area contributed by atoms with Crippen molar-refractivity contribution in [2.75, 3.05) is 0 Å². The number of benzene rings is 3. The molecule has 3 aromatic carbocycles.